The maximum atomic E-state index is 2.28. The van der Waals surface area contributed by atoms with E-state index in [-0.39, 0.29) is 0 Å². The predicted molar refractivity (Wildman–Crippen MR) is 37.9 cm³/mol. The smallest absolute Gasteiger partial charge is 0.192 e. The maximum Gasteiger partial charge on any atom is 0.195 e. The van der Waals surface area contributed by atoms with Crippen molar-refractivity contribution >= 4 is 11.8 Å². The van der Waals surface area contributed by atoms with Crippen LogP contribution < -0.4 is 4.57 Å². The number of thioether (sulfide) groups is 1. The van der Waals surface area contributed by atoms with Crippen molar-refractivity contribution in [3.8, 4) is 0 Å². The van der Waals surface area contributed by atoms with Crippen LogP contribution in [-0.2, 0) is 11.6 Å². The number of pyridine rings is 1. The molecule has 0 bridgehead atoms. The Morgan fingerprint density at radius 2 is 2.44 bits per heavy atom. The van der Waals surface area contributed by atoms with Gasteiger partial charge >= 0.3 is 0 Å². The van der Waals surface area contributed by atoms with E-state index >= 15 is 0 Å². The highest BCUT2D eigenvalue weighted by atomic mass is 32.2. The van der Waals surface area contributed by atoms with Gasteiger partial charge in [-0.3, -0.25) is 0 Å². The molecule has 1 aliphatic heterocycles. The van der Waals surface area contributed by atoms with Crippen molar-refractivity contribution < 1.29 is 4.57 Å². The molecule has 0 N–H and O–H groups in total. The average Bonchev–Trinajstić information content (AvgIpc) is 2.33. The van der Waals surface area contributed by atoms with E-state index < -0.39 is 0 Å². The van der Waals surface area contributed by atoms with Crippen molar-refractivity contribution in [1.29, 1.82) is 0 Å². The second kappa shape index (κ2) is 2.03. The van der Waals surface area contributed by atoms with Gasteiger partial charge in [-0.15, -0.1) is 0 Å². The molecule has 0 saturated carbocycles. The average molecular weight is 138 g/mol. The third-order valence-electron chi connectivity index (χ3n) is 1.51. The zero-order valence-corrected chi connectivity index (χ0v) is 5.90. The van der Waals surface area contributed by atoms with Crippen LogP contribution in [0.3, 0.4) is 0 Å². The number of aromatic nitrogens is 1. The van der Waals surface area contributed by atoms with Gasteiger partial charge in [0.05, 0.1) is 5.75 Å². The van der Waals surface area contributed by atoms with E-state index in [9.17, 15) is 0 Å². The SMILES string of the molecule is c1cc[n+]2c(c1)CSC2. The molecular weight excluding hydrogens is 130 g/mol. The summed E-state index contributed by atoms with van der Waals surface area (Å²) in [4.78, 5) is 0. The van der Waals surface area contributed by atoms with E-state index in [4.69, 9.17) is 0 Å². The Bertz CT molecular complexity index is 199. The van der Waals surface area contributed by atoms with Gasteiger partial charge in [-0.2, -0.15) is 4.57 Å². The topological polar surface area (TPSA) is 3.88 Å². The highest BCUT2D eigenvalue weighted by Gasteiger charge is 2.16. The van der Waals surface area contributed by atoms with Gasteiger partial charge in [0.25, 0.3) is 0 Å². The summed E-state index contributed by atoms with van der Waals surface area (Å²) in [5.41, 5.74) is 1.45. The van der Waals surface area contributed by atoms with Crippen molar-refractivity contribution in [3.63, 3.8) is 0 Å². The summed E-state index contributed by atoms with van der Waals surface area (Å²) in [6, 6.07) is 6.35. The molecule has 2 heteroatoms. The molecule has 46 valence electrons. The summed E-state index contributed by atoms with van der Waals surface area (Å²) in [6.07, 6.45) is 2.13. The molecule has 2 heterocycles. The largest absolute Gasteiger partial charge is 0.195 e. The number of hydrogen-bond acceptors (Lipinski definition) is 1. The minimum absolute atomic E-state index is 1.14. The van der Waals surface area contributed by atoms with E-state index in [0.29, 0.717) is 0 Å². The van der Waals surface area contributed by atoms with Crippen LogP contribution in [0.1, 0.15) is 5.69 Å². The highest BCUT2D eigenvalue weighted by Crippen LogP contribution is 2.14. The molecule has 0 unspecified atom stereocenters. The normalized spacial score (nSPS) is 15.6. The van der Waals surface area contributed by atoms with Crippen LogP contribution in [-0.4, -0.2) is 0 Å². The lowest BCUT2D eigenvalue weighted by Crippen LogP contribution is -2.31. The first-order valence-electron chi connectivity index (χ1n) is 3.02. The summed E-state index contributed by atoms with van der Waals surface area (Å²) in [6.45, 7) is 0. The van der Waals surface area contributed by atoms with Crippen LogP contribution in [0.2, 0.25) is 0 Å². The zero-order chi connectivity index (χ0) is 6.10. The van der Waals surface area contributed by atoms with Gasteiger partial charge in [0.15, 0.2) is 17.8 Å². The van der Waals surface area contributed by atoms with Crippen LogP contribution in [0, 0.1) is 0 Å². The van der Waals surface area contributed by atoms with E-state index in [0.717, 1.165) is 5.88 Å². The van der Waals surface area contributed by atoms with Gasteiger partial charge in [0, 0.05) is 12.1 Å². The number of rotatable bonds is 0. The van der Waals surface area contributed by atoms with Gasteiger partial charge in [0.1, 0.15) is 0 Å². The molecular formula is C7H8NS+. The van der Waals surface area contributed by atoms with Gasteiger partial charge in [-0.05, 0) is 0 Å². The fourth-order valence-corrected chi connectivity index (χ4v) is 2.03. The van der Waals surface area contributed by atoms with Crippen LogP contribution in [0.25, 0.3) is 0 Å². The van der Waals surface area contributed by atoms with Crippen LogP contribution in [0.4, 0.5) is 0 Å². The quantitative estimate of drug-likeness (QED) is 0.487. The monoisotopic (exact) mass is 138 g/mol. The molecule has 0 amide bonds. The lowest BCUT2D eigenvalue weighted by atomic mass is 10.4. The third-order valence-corrected chi connectivity index (χ3v) is 2.48. The minimum Gasteiger partial charge on any atom is -0.192 e. The molecule has 1 aliphatic rings. The van der Waals surface area contributed by atoms with Crippen molar-refractivity contribution in [2.24, 2.45) is 0 Å². The molecule has 0 fully saturated rings. The van der Waals surface area contributed by atoms with Gasteiger partial charge in [-0.1, -0.05) is 17.8 Å². The first-order valence-corrected chi connectivity index (χ1v) is 4.17. The van der Waals surface area contributed by atoms with E-state index in [1.807, 2.05) is 11.8 Å². The Morgan fingerprint density at radius 3 is 3.33 bits per heavy atom. The first-order chi connectivity index (χ1) is 4.47. The second-order valence-electron chi connectivity index (χ2n) is 2.14. The molecule has 0 aromatic carbocycles. The molecule has 0 spiro atoms. The van der Waals surface area contributed by atoms with Crippen LogP contribution in [0.5, 0.6) is 0 Å². The molecule has 1 aromatic heterocycles. The molecule has 9 heavy (non-hydrogen) atoms. The molecule has 0 saturated heterocycles. The summed E-state index contributed by atoms with van der Waals surface area (Å²) in [5.74, 6) is 2.32. The van der Waals surface area contributed by atoms with Crippen LogP contribution >= 0.6 is 11.8 Å². The van der Waals surface area contributed by atoms with E-state index in [1.54, 1.807) is 0 Å². The summed E-state index contributed by atoms with van der Waals surface area (Å²) in [7, 11) is 0. The van der Waals surface area contributed by atoms with E-state index in [2.05, 4.69) is 29.0 Å². The predicted octanol–water partition coefficient (Wildman–Crippen LogP) is 1.18. The summed E-state index contributed by atoms with van der Waals surface area (Å²) < 4.78 is 2.28. The Kier molecular flexibility index (Phi) is 1.19. The lowest BCUT2D eigenvalue weighted by molar-refractivity contribution is -0.677. The minimum atomic E-state index is 1.14. The fourth-order valence-electron chi connectivity index (χ4n) is 1.02. The Balaban J connectivity index is 2.54. The number of hydrogen-bond donors (Lipinski definition) is 0. The summed E-state index contributed by atoms with van der Waals surface area (Å²) in [5, 5.41) is 0. The number of nitrogens with zero attached hydrogens (tertiary/aromatic N) is 1. The lowest BCUT2D eigenvalue weighted by Gasteiger charge is -1.85. The van der Waals surface area contributed by atoms with Gasteiger partial charge in [0.2, 0.25) is 0 Å². The molecule has 2 rings (SSSR count). The maximum absolute atomic E-state index is 2.28. The second-order valence-corrected chi connectivity index (χ2v) is 3.09. The molecule has 0 aliphatic carbocycles. The Labute approximate surface area is 58.7 Å². The molecule has 0 radical (unpaired) electrons. The molecule has 1 nitrogen and oxygen atoms in total. The molecule has 1 aromatic rings. The van der Waals surface area contributed by atoms with Crippen molar-refractivity contribution in [3.05, 3.63) is 30.1 Å². The van der Waals surface area contributed by atoms with Gasteiger partial charge in [-0.25, -0.2) is 0 Å². The van der Waals surface area contributed by atoms with E-state index in [1.165, 1.54) is 11.4 Å². The van der Waals surface area contributed by atoms with Gasteiger partial charge < -0.3 is 0 Å². The first kappa shape index (κ1) is 5.30. The third kappa shape index (κ3) is 0.833. The van der Waals surface area contributed by atoms with Crippen LogP contribution in [0.15, 0.2) is 24.4 Å². The van der Waals surface area contributed by atoms with Crippen molar-refractivity contribution in [2.75, 3.05) is 0 Å². The highest BCUT2D eigenvalue weighted by molar-refractivity contribution is 7.97. The summed E-state index contributed by atoms with van der Waals surface area (Å²) >= 11 is 1.97. The Morgan fingerprint density at radius 1 is 1.44 bits per heavy atom. The van der Waals surface area contributed by atoms with Crippen molar-refractivity contribution in [2.45, 2.75) is 11.6 Å². The fraction of sp³-hybridized carbons (Fsp3) is 0.286. The standard InChI is InChI=1S/C7H8NS/c1-2-4-8-6-9-5-7(8)3-1/h1-4H,5-6H2/q+1. The molecule has 0 atom stereocenters. The number of fused-ring (bicyclic) bond motifs is 1. The Hall–Kier alpha value is -0.500. The van der Waals surface area contributed by atoms with Crippen molar-refractivity contribution in [1.82, 2.24) is 0 Å². The zero-order valence-electron chi connectivity index (χ0n) is 5.08.